The molecule has 1 saturated heterocycles. The van der Waals surface area contributed by atoms with Crippen LogP contribution >= 0.6 is 0 Å². The molecule has 0 saturated carbocycles. The molecule has 3 N–H and O–H groups in total. The Labute approximate surface area is 106 Å². The monoisotopic (exact) mass is 243 g/mol. The van der Waals surface area contributed by atoms with Gasteiger partial charge in [-0.15, -0.1) is 0 Å². The van der Waals surface area contributed by atoms with Crippen molar-refractivity contribution < 1.29 is 4.74 Å². The zero-order valence-electron chi connectivity index (χ0n) is 10.4. The maximum atomic E-state index is 6.03. The highest BCUT2D eigenvalue weighted by Gasteiger charge is 2.17. The van der Waals surface area contributed by atoms with Gasteiger partial charge in [0.2, 0.25) is 0 Å². The number of nitrogens with one attached hydrogen (secondary N) is 1. The molecule has 3 rings (SSSR count). The van der Waals surface area contributed by atoms with Crippen LogP contribution in [0, 0.1) is 6.92 Å². The van der Waals surface area contributed by atoms with Crippen LogP contribution < -0.4 is 15.8 Å². The number of hydrogen-bond acceptors (Lipinski definition) is 4. The van der Waals surface area contributed by atoms with Gasteiger partial charge >= 0.3 is 0 Å². The predicted molar refractivity (Wildman–Crippen MR) is 72.8 cm³/mol. The Hall–Kier alpha value is -1.81. The Bertz CT molecular complexity index is 577. The summed E-state index contributed by atoms with van der Waals surface area (Å²) in [6.07, 6.45) is 3.07. The number of fused-ring (bicyclic) bond motifs is 1. The van der Waals surface area contributed by atoms with E-state index >= 15 is 0 Å². The topological polar surface area (TPSA) is 60.2 Å². The van der Waals surface area contributed by atoms with E-state index in [4.69, 9.17) is 10.5 Å². The molecule has 18 heavy (non-hydrogen) atoms. The number of rotatable bonds is 2. The number of pyridine rings is 1. The van der Waals surface area contributed by atoms with Crippen LogP contribution in [0.15, 0.2) is 24.4 Å². The maximum Gasteiger partial charge on any atom is 0.131 e. The van der Waals surface area contributed by atoms with Gasteiger partial charge < -0.3 is 15.8 Å². The van der Waals surface area contributed by atoms with E-state index in [1.807, 2.05) is 13.0 Å². The molecule has 94 valence electrons. The van der Waals surface area contributed by atoms with E-state index in [1.165, 1.54) is 0 Å². The molecular formula is C14H17N3O. The predicted octanol–water partition coefficient (Wildman–Crippen LogP) is 1.87. The van der Waals surface area contributed by atoms with Crippen LogP contribution in [-0.2, 0) is 0 Å². The lowest BCUT2D eigenvalue weighted by atomic mass is 10.1. The lowest BCUT2D eigenvalue weighted by Gasteiger charge is -2.15. The zero-order valence-corrected chi connectivity index (χ0v) is 10.4. The fraction of sp³-hybridized carbons (Fsp3) is 0.357. The summed E-state index contributed by atoms with van der Waals surface area (Å²) in [7, 11) is 0. The van der Waals surface area contributed by atoms with Crippen molar-refractivity contribution in [2.45, 2.75) is 19.4 Å². The fourth-order valence-electron chi connectivity index (χ4n) is 2.37. The molecule has 0 spiro atoms. The molecule has 1 aliphatic rings. The van der Waals surface area contributed by atoms with Gasteiger partial charge in [-0.05, 0) is 49.0 Å². The van der Waals surface area contributed by atoms with Gasteiger partial charge in [-0.2, -0.15) is 0 Å². The summed E-state index contributed by atoms with van der Waals surface area (Å²) >= 11 is 0. The number of ether oxygens (including phenoxy) is 1. The largest absolute Gasteiger partial charge is 0.489 e. The van der Waals surface area contributed by atoms with E-state index < -0.39 is 0 Å². The Kier molecular flexibility index (Phi) is 2.80. The van der Waals surface area contributed by atoms with E-state index in [0.717, 1.165) is 41.6 Å². The molecule has 1 aromatic carbocycles. The van der Waals surface area contributed by atoms with Crippen molar-refractivity contribution in [3.63, 3.8) is 0 Å². The second-order valence-corrected chi connectivity index (χ2v) is 4.77. The van der Waals surface area contributed by atoms with Crippen LogP contribution in [0.3, 0.4) is 0 Å². The molecular weight excluding hydrogens is 226 g/mol. The molecule has 2 aromatic rings. The molecule has 4 heteroatoms. The molecule has 4 nitrogen and oxygen atoms in total. The van der Waals surface area contributed by atoms with Crippen LogP contribution in [-0.4, -0.2) is 24.2 Å². The van der Waals surface area contributed by atoms with Gasteiger partial charge in [0.05, 0.1) is 0 Å². The highest BCUT2D eigenvalue weighted by atomic mass is 16.5. The maximum absolute atomic E-state index is 6.03. The summed E-state index contributed by atoms with van der Waals surface area (Å²) in [6, 6.07) is 6.07. The number of aryl methyl sites for hydroxylation is 1. The first-order valence-corrected chi connectivity index (χ1v) is 6.26. The van der Waals surface area contributed by atoms with Gasteiger partial charge in [0.1, 0.15) is 17.7 Å². The standard InChI is InChI=1S/C14H17N3O/c1-9-6-12-10(2-5-17-14(12)15)7-13(9)18-11-3-4-16-8-11/h2,5-7,11,16H,3-4,8H2,1H3,(H2,15,17)/t11-/m0/s1. The Balaban J connectivity index is 1.99. The Morgan fingerprint density at radius 3 is 3.11 bits per heavy atom. The highest BCUT2D eigenvalue weighted by molar-refractivity contribution is 5.92. The third kappa shape index (κ3) is 1.99. The molecule has 1 fully saturated rings. The minimum absolute atomic E-state index is 0.278. The minimum Gasteiger partial charge on any atom is -0.489 e. The van der Waals surface area contributed by atoms with Crippen molar-refractivity contribution in [1.29, 1.82) is 0 Å². The molecule has 1 atom stereocenters. The van der Waals surface area contributed by atoms with E-state index in [9.17, 15) is 0 Å². The van der Waals surface area contributed by atoms with Crippen molar-refractivity contribution in [3.05, 3.63) is 30.0 Å². The summed E-state index contributed by atoms with van der Waals surface area (Å²) in [6.45, 7) is 4.01. The lowest BCUT2D eigenvalue weighted by Crippen LogP contribution is -2.19. The van der Waals surface area contributed by atoms with Crippen LogP contribution in [0.1, 0.15) is 12.0 Å². The van der Waals surface area contributed by atoms with E-state index in [2.05, 4.69) is 22.4 Å². The molecule has 1 aromatic heterocycles. The normalized spacial score (nSPS) is 19.3. The number of nitrogens with two attached hydrogens (primary N) is 1. The fourth-order valence-corrected chi connectivity index (χ4v) is 2.37. The summed E-state index contributed by atoms with van der Waals surface area (Å²) in [4.78, 5) is 4.11. The number of anilines is 1. The second-order valence-electron chi connectivity index (χ2n) is 4.77. The van der Waals surface area contributed by atoms with Crippen molar-refractivity contribution in [3.8, 4) is 5.75 Å². The van der Waals surface area contributed by atoms with Gasteiger partial charge in [0.15, 0.2) is 0 Å². The van der Waals surface area contributed by atoms with Gasteiger partial charge in [-0.25, -0.2) is 4.98 Å². The van der Waals surface area contributed by atoms with Crippen LogP contribution in [0.4, 0.5) is 5.82 Å². The van der Waals surface area contributed by atoms with Crippen molar-refractivity contribution in [2.75, 3.05) is 18.8 Å². The van der Waals surface area contributed by atoms with Crippen molar-refractivity contribution in [1.82, 2.24) is 10.3 Å². The van der Waals surface area contributed by atoms with Crippen LogP contribution in [0.25, 0.3) is 10.8 Å². The zero-order chi connectivity index (χ0) is 12.5. The summed E-state index contributed by atoms with van der Waals surface area (Å²) in [5, 5.41) is 5.37. The lowest BCUT2D eigenvalue weighted by molar-refractivity contribution is 0.222. The smallest absolute Gasteiger partial charge is 0.131 e. The van der Waals surface area contributed by atoms with Gasteiger partial charge in [0, 0.05) is 18.1 Å². The molecule has 0 amide bonds. The SMILES string of the molecule is Cc1cc2c(N)nccc2cc1O[C@H]1CCNC1. The van der Waals surface area contributed by atoms with Gasteiger partial charge in [-0.3, -0.25) is 0 Å². The summed E-state index contributed by atoms with van der Waals surface area (Å²) in [5.74, 6) is 1.52. The third-order valence-corrected chi connectivity index (χ3v) is 3.40. The van der Waals surface area contributed by atoms with Crippen molar-refractivity contribution in [2.24, 2.45) is 0 Å². The van der Waals surface area contributed by atoms with Crippen LogP contribution in [0.5, 0.6) is 5.75 Å². The summed E-state index contributed by atoms with van der Waals surface area (Å²) in [5.41, 5.74) is 6.98. The third-order valence-electron chi connectivity index (χ3n) is 3.40. The molecule has 2 heterocycles. The molecule has 0 unspecified atom stereocenters. The van der Waals surface area contributed by atoms with E-state index in [1.54, 1.807) is 6.20 Å². The van der Waals surface area contributed by atoms with Gasteiger partial charge in [0.25, 0.3) is 0 Å². The number of benzene rings is 1. The molecule has 1 aliphatic heterocycles. The first-order chi connectivity index (χ1) is 8.74. The first-order valence-electron chi connectivity index (χ1n) is 6.26. The first kappa shape index (κ1) is 11.3. The van der Waals surface area contributed by atoms with Crippen molar-refractivity contribution >= 4 is 16.6 Å². The van der Waals surface area contributed by atoms with Crippen LogP contribution in [0.2, 0.25) is 0 Å². The number of aromatic nitrogens is 1. The van der Waals surface area contributed by atoms with Gasteiger partial charge in [-0.1, -0.05) is 0 Å². The average Bonchev–Trinajstić information content (AvgIpc) is 2.84. The van der Waals surface area contributed by atoms with E-state index in [-0.39, 0.29) is 6.10 Å². The van der Waals surface area contributed by atoms with E-state index in [0.29, 0.717) is 5.82 Å². The second kappa shape index (κ2) is 4.46. The number of nitrogen functional groups attached to an aromatic ring is 1. The number of nitrogens with zero attached hydrogens (tertiary/aromatic N) is 1. The number of hydrogen-bond donors (Lipinski definition) is 2. The molecule has 0 radical (unpaired) electrons. The summed E-state index contributed by atoms with van der Waals surface area (Å²) < 4.78 is 6.03. The highest BCUT2D eigenvalue weighted by Crippen LogP contribution is 2.29. The average molecular weight is 243 g/mol. The quantitative estimate of drug-likeness (QED) is 0.845. The Morgan fingerprint density at radius 1 is 1.44 bits per heavy atom. The Morgan fingerprint density at radius 2 is 2.33 bits per heavy atom. The molecule has 0 aliphatic carbocycles. The minimum atomic E-state index is 0.278. The molecule has 0 bridgehead atoms.